The second-order valence-corrected chi connectivity index (χ2v) is 9.52. The number of hydrogen-bond donors (Lipinski definition) is 2. The minimum atomic E-state index is -0.186. The Balaban J connectivity index is 1.74. The molecule has 3 nitrogen and oxygen atoms in total. The van der Waals surface area contributed by atoms with Crippen LogP contribution in [0, 0.1) is 5.92 Å². The fourth-order valence-corrected chi connectivity index (χ4v) is 4.13. The zero-order chi connectivity index (χ0) is 21.4. The van der Waals surface area contributed by atoms with Crippen LogP contribution in [-0.4, -0.2) is 10.7 Å². The van der Waals surface area contributed by atoms with Crippen LogP contribution in [0.25, 0.3) is 0 Å². The van der Waals surface area contributed by atoms with Crippen LogP contribution in [0.5, 0.6) is 11.5 Å². The lowest BCUT2D eigenvalue weighted by Gasteiger charge is -2.36. The molecule has 0 aliphatic carbocycles. The molecule has 1 aromatic rings. The maximum atomic E-state index is 9.73. The molecule has 1 heterocycles. The molecular formula is C26H41NO2. The number of anilines is 1. The number of benzene rings is 1. The molecule has 29 heavy (non-hydrogen) atoms. The smallest absolute Gasteiger partial charge is 0.146 e. The van der Waals surface area contributed by atoms with E-state index in [2.05, 4.69) is 46.8 Å². The number of rotatable bonds is 10. The van der Waals surface area contributed by atoms with Crippen LogP contribution in [0.2, 0.25) is 0 Å². The van der Waals surface area contributed by atoms with Gasteiger partial charge in [0.2, 0.25) is 0 Å². The lowest BCUT2D eigenvalue weighted by Crippen LogP contribution is -2.36. The van der Waals surface area contributed by atoms with E-state index in [1.807, 2.05) is 0 Å². The van der Waals surface area contributed by atoms with Crippen molar-refractivity contribution in [2.75, 3.05) is 5.73 Å². The lowest BCUT2D eigenvalue weighted by atomic mass is 9.88. The van der Waals surface area contributed by atoms with E-state index in [9.17, 15) is 5.11 Å². The van der Waals surface area contributed by atoms with Gasteiger partial charge in [-0.05, 0) is 91.0 Å². The maximum absolute atomic E-state index is 9.73. The van der Waals surface area contributed by atoms with Crippen LogP contribution >= 0.6 is 0 Å². The van der Waals surface area contributed by atoms with Crippen LogP contribution in [0.15, 0.2) is 35.4 Å². The summed E-state index contributed by atoms with van der Waals surface area (Å²) in [5.74, 6) is 1.79. The molecule has 162 valence electrons. The highest BCUT2D eigenvalue weighted by Gasteiger charge is 2.32. The van der Waals surface area contributed by atoms with Gasteiger partial charge in [-0.15, -0.1) is 0 Å². The largest absolute Gasteiger partial charge is 0.508 e. The second kappa shape index (κ2) is 10.8. The molecule has 2 atom stereocenters. The molecule has 0 saturated heterocycles. The van der Waals surface area contributed by atoms with Gasteiger partial charge in [-0.1, -0.05) is 36.6 Å². The minimum Gasteiger partial charge on any atom is -0.508 e. The molecule has 1 aliphatic rings. The van der Waals surface area contributed by atoms with E-state index >= 15 is 0 Å². The Bertz CT molecular complexity index is 730. The van der Waals surface area contributed by atoms with Crippen molar-refractivity contribution in [1.29, 1.82) is 0 Å². The Morgan fingerprint density at radius 3 is 2.69 bits per heavy atom. The molecule has 2 unspecified atom stereocenters. The normalized spacial score (nSPS) is 20.0. The van der Waals surface area contributed by atoms with Gasteiger partial charge in [-0.3, -0.25) is 0 Å². The van der Waals surface area contributed by atoms with Crippen LogP contribution in [-0.2, 0) is 6.42 Å². The summed E-state index contributed by atoms with van der Waals surface area (Å²) in [6, 6.07) is 3.35. The predicted molar refractivity (Wildman–Crippen MR) is 125 cm³/mol. The number of phenolic OH excluding ortho intramolecular Hbond substituents is 1. The number of hydrogen-bond acceptors (Lipinski definition) is 3. The highest BCUT2D eigenvalue weighted by molar-refractivity contribution is 5.61. The average Bonchev–Trinajstić information content (AvgIpc) is 2.62. The van der Waals surface area contributed by atoms with Crippen LogP contribution in [0.1, 0.15) is 91.5 Å². The van der Waals surface area contributed by atoms with Crippen molar-refractivity contribution in [3.8, 4) is 11.5 Å². The molecule has 0 radical (unpaired) electrons. The third-order valence-corrected chi connectivity index (χ3v) is 6.10. The van der Waals surface area contributed by atoms with Gasteiger partial charge in [0.15, 0.2) is 0 Å². The van der Waals surface area contributed by atoms with E-state index in [0.717, 1.165) is 42.9 Å². The highest BCUT2D eigenvalue weighted by Crippen LogP contribution is 2.41. The Kier molecular flexibility index (Phi) is 8.67. The zero-order valence-electron chi connectivity index (χ0n) is 19.2. The van der Waals surface area contributed by atoms with E-state index in [4.69, 9.17) is 10.5 Å². The van der Waals surface area contributed by atoms with E-state index in [1.165, 1.54) is 43.3 Å². The van der Waals surface area contributed by atoms with Crippen molar-refractivity contribution >= 4 is 5.69 Å². The molecule has 0 amide bonds. The summed E-state index contributed by atoms with van der Waals surface area (Å²) in [6.45, 7) is 11.2. The Morgan fingerprint density at radius 2 is 1.97 bits per heavy atom. The van der Waals surface area contributed by atoms with Gasteiger partial charge in [0.05, 0.1) is 5.69 Å². The molecule has 0 saturated carbocycles. The monoisotopic (exact) mass is 399 g/mol. The van der Waals surface area contributed by atoms with Crippen LogP contribution in [0.4, 0.5) is 5.69 Å². The summed E-state index contributed by atoms with van der Waals surface area (Å²) in [5.41, 5.74) is 10.4. The fourth-order valence-electron chi connectivity index (χ4n) is 4.13. The first-order chi connectivity index (χ1) is 13.7. The summed E-state index contributed by atoms with van der Waals surface area (Å²) in [6.07, 6.45) is 14.9. The van der Waals surface area contributed by atoms with Crippen LogP contribution < -0.4 is 10.5 Å². The van der Waals surface area contributed by atoms with E-state index in [1.54, 1.807) is 12.1 Å². The van der Waals surface area contributed by atoms with Gasteiger partial charge in [0.25, 0.3) is 0 Å². The predicted octanol–water partition coefficient (Wildman–Crippen LogP) is 7.34. The third-order valence-electron chi connectivity index (χ3n) is 6.10. The number of ether oxygens (including phenoxy) is 1. The number of phenols is 1. The van der Waals surface area contributed by atoms with Gasteiger partial charge in [0, 0.05) is 11.6 Å². The van der Waals surface area contributed by atoms with Crippen molar-refractivity contribution < 1.29 is 9.84 Å². The third kappa shape index (κ3) is 7.79. The number of nitrogens with two attached hydrogens (primary N) is 1. The summed E-state index contributed by atoms with van der Waals surface area (Å²) < 4.78 is 6.28. The summed E-state index contributed by atoms with van der Waals surface area (Å²) in [7, 11) is 0. The van der Waals surface area contributed by atoms with E-state index < -0.39 is 0 Å². The lowest BCUT2D eigenvalue weighted by molar-refractivity contribution is 0.0580. The molecule has 0 aromatic heterocycles. The molecule has 0 spiro atoms. The zero-order valence-corrected chi connectivity index (χ0v) is 19.2. The molecule has 3 N–H and O–H groups in total. The van der Waals surface area contributed by atoms with E-state index in [0.29, 0.717) is 5.69 Å². The fraction of sp³-hybridized carbons (Fsp3) is 0.615. The van der Waals surface area contributed by atoms with Crippen molar-refractivity contribution in [2.24, 2.45) is 5.92 Å². The number of aromatic hydroxyl groups is 1. The number of fused-ring (bicyclic) bond motifs is 1. The summed E-state index contributed by atoms with van der Waals surface area (Å²) in [4.78, 5) is 0. The quantitative estimate of drug-likeness (QED) is 0.320. The van der Waals surface area contributed by atoms with Crippen LogP contribution in [0.3, 0.4) is 0 Å². The molecule has 0 fully saturated rings. The van der Waals surface area contributed by atoms with Gasteiger partial charge >= 0.3 is 0 Å². The maximum Gasteiger partial charge on any atom is 0.146 e. The minimum absolute atomic E-state index is 0.186. The second-order valence-electron chi connectivity index (χ2n) is 9.52. The van der Waals surface area contributed by atoms with Gasteiger partial charge in [-0.2, -0.15) is 0 Å². The van der Waals surface area contributed by atoms with Gasteiger partial charge < -0.3 is 15.6 Å². The Hall–Kier alpha value is -1.90. The first-order valence-corrected chi connectivity index (χ1v) is 11.3. The molecule has 1 aromatic carbocycles. The van der Waals surface area contributed by atoms with E-state index in [-0.39, 0.29) is 11.4 Å². The summed E-state index contributed by atoms with van der Waals surface area (Å²) in [5, 5.41) is 9.73. The van der Waals surface area contributed by atoms with Crippen molar-refractivity contribution in [1.82, 2.24) is 0 Å². The molecule has 0 bridgehead atoms. The summed E-state index contributed by atoms with van der Waals surface area (Å²) >= 11 is 0. The van der Waals surface area contributed by atoms with Gasteiger partial charge in [0.1, 0.15) is 17.1 Å². The topological polar surface area (TPSA) is 55.5 Å². The molecular weight excluding hydrogens is 358 g/mol. The first kappa shape index (κ1) is 23.4. The van der Waals surface area contributed by atoms with Gasteiger partial charge in [-0.25, -0.2) is 0 Å². The number of aryl methyl sites for hydroxylation is 1. The molecule has 1 aliphatic heterocycles. The van der Waals surface area contributed by atoms with Crippen molar-refractivity contribution in [2.45, 2.75) is 98.0 Å². The van der Waals surface area contributed by atoms with Crippen molar-refractivity contribution in [3.05, 3.63) is 41.0 Å². The number of nitrogen functional groups attached to an aromatic ring is 1. The standard InChI is InChI=1S/C26H41NO2/c1-19(2)9-6-10-20(3)11-7-12-21(4)13-8-15-26(5)16-14-22-17-23(28)18-24(27)25(22)29-26/h9,13,17-18,20,28H,6-8,10-12,14-16,27H2,1-5H3/b21-13+. The highest BCUT2D eigenvalue weighted by atomic mass is 16.5. The number of allylic oxidation sites excluding steroid dienone is 4. The first-order valence-electron chi connectivity index (χ1n) is 11.3. The molecule has 3 heteroatoms. The SMILES string of the molecule is CC(C)=CCCC(C)CCC/C(C)=C/CCC1(C)CCc2cc(O)cc(N)c2O1. The molecule has 2 rings (SSSR count). The van der Waals surface area contributed by atoms with Crippen molar-refractivity contribution in [3.63, 3.8) is 0 Å². The Labute approximate surface area is 178 Å². The average molecular weight is 400 g/mol. The Morgan fingerprint density at radius 1 is 1.21 bits per heavy atom.